The lowest BCUT2D eigenvalue weighted by molar-refractivity contribution is -0.118. The van der Waals surface area contributed by atoms with E-state index in [0.29, 0.717) is 19.3 Å². The molecule has 0 radical (unpaired) electrons. The highest BCUT2D eigenvalue weighted by Gasteiger charge is 2.15. The number of fused-ring (bicyclic) bond motifs is 1. The van der Waals surface area contributed by atoms with E-state index < -0.39 is 5.60 Å². The maximum atomic E-state index is 12.5. The number of rotatable bonds is 7. The summed E-state index contributed by atoms with van der Waals surface area (Å²) in [5.41, 5.74) is 4.59. The molecule has 0 aliphatic carbocycles. The van der Waals surface area contributed by atoms with Crippen molar-refractivity contribution >= 4 is 16.7 Å². The van der Waals surface area contributed by atoms with Gasteiger partial charge < -0.3 is 5.11 Å². The lowest BCUT2D eigenvalue weighted by Gasteiger charge is -2.17. The van der Waals surface area contributed by atoms with E-state index >= 15 is 0 Å². The van der Waals surface area contributed by atoms with Gasteiger partial charge in [0.25, 0.3) is 0 Å². The highest BCUT2D eigenvalue weighted by molar-refractivity contribution is 5.84. The van der Waals surface area contributed by atoms with E-state index in [9.17, 15) is 9.90 Å². The van der Waals surface area contributed by atoms with Crippen molar-refractivity contribution in [2.24, 2.45) is 0 Å². The smallest absolute Gasteiger partial charge is 0.139 e. The topological polar surface area (TPSA) is 80.9 Å². The predicted octanol–water partition coefficient (Wildman–Crippen LogP) is 4.10. The third kappa shape index (κ3) is 4.86. The van der Waals surface area contributed by atoms with Crippen molar-refractivity contribution in [2.75, 3.05) is 0 Å². The average molecular weight is 415 g/mol. The van der Waals surface area contributed by atoms with Crippen molar-refractivity contribution in [1.82, 2.24) is 19.7 Å². The molecule has 1 N–H and O–H groups in total. The van der Waals surface area contributed by atoms with Crippen molar-refractivity contribution in [2.45, 2.75) is 45.6 Å². The second-order valence-electron chi connectivity index (χ2n) is 8.42. The number of hydrogen-bond donors (Lipinski definition) is 1. The molecule has 3 aromatic heterocycles. The number of aryl methyl sites for hydroxylation is 2. The predicted molar refractivity (Wildman–Crippen MR) is 120 cm³/mol. The van der Waals surface area contributed by atoms with Gasteiger partial charge in [-0.3, -0.25) is 14.8 Å². The van der Waals surface area contributed by atoms with E-state index in [2.05, 4.69) is 15.1 Å². The first-order chi connectivity index (χ1) is 14.8. The van der Waals surface area contributed by atoms with Gasteiger partial charge in [-0.15, -0.1) is 0 Å². The molecular formula is C25H26N4O2. The molecule has 0 saturated heterocycles. The number of carbonyl (C=O) groups is 1. The van der Waals surface area contributed by atoms with Crippen LogP contribution < -0.4 is 0 Å². The highest BCUT2D eigenvalue weighted by Crippen LogP contribution is 2.21. The molecule has 0 aliphatic rings. The van der Waals surface area contributed by atoms with E-state index in [1.807, 2.05) is 54.1 Å². The zero-order chi connectivity index (χ0) is 22.0. The normalized spacial score (nSPS) is 11.7. The van der Waals surface area contributed by atoms with Crippen LogP contribution in [0.2, 0.25) is 0 Å². The molecule has 0 unspecified atom stereocenters. The minimum Gasteiger partial charge on any atom is -0.386 e. The van der Waals surface area contributed by atoms with E-state index in [4.69, 9.17) is 0 Å². The average Bonchev–Trinajstić information content (AvgIpc) is 3.15. The lowest BCUT2D eigenvalue weighted by atomic mass is 9.96. The van der Waals surface area contributed by atoms with Crippen LogP contribution in [0.1, 0.15) is 42.8 Å². The van der Waals surface area contributed by atoms with Gasteiger partial charge in [-0.2, -0.15) is 5.10 Å². The van der Waals surface area contributed by atoms with Crippen LogP contribution in [0.15, 0.2) is 61.1 Å². The summed E-state index contributed by atoms with van der Waals surface area (Å²) in [5, 5.41) is 15.5. The first-order valence-corrected chi connectivity index (χ1v) is 10.4. The third-order valence-electron chi connectivity index (χ3n) is 5.37. The van der Waals surface area contributed by atoms with Gasteiger partial charge in [-0.05, 0) is 56.5 Å². The SMILES string of the molecule is Cc1cc(-n2ncc3cc(CC(=O)CCc4ccc(C(C)(C)O)cc4)ncc32)ccn1. The zero-order valence-electron chi connectivity index (χ0n) is 18.0. The monoisotopic (exact) mass is 414 g/mol. The van der Waals surface area contributed by atoms with Crippen molar-refractivity contribution in [3.63, 3.8) is 0 Å². The molecule has 158 valence electrons. The van der Waals surface area contributed by atoms with Gasteiger partial charge in [0, 0.05) is 35.8 Å². The van der Waals surface area contributed by atoms with Crippen LogP contribution in [-0.2, 0) is 23.2 Å². The van der Waals surface area contributed by atoms with E-state index in [1.54, 1.807) is 32.4 Å². The third-order valence-corrected chi connectivity index (χ3v) is 5.37. The Morgan fingerprint density at radius 1 is 1.06 bits per heavy atom. The number of pyridine rings is 2. The summed E-state index contributed by atoms with van der Waals surface area (Å²) in [6, 6.07) is 13.6. The van der Waals surface area contributed by atoms with Crippen LogP contribution in [-0.4, -0.2) is 30.6 Å². The van der Waals surface area contributed by atoms with Crippen LogP contribution in [0.3, 0.4) is 0 Å². The molecule has 6 heteroatoms. The molecule has 0 spiro atoms. The summed E-state index contributed by atoms with van der Waals surface area (Å²) in [6.45, 7) is 5.47. The summed E-state index contributed by atoms with van der Waals surface area (Å²) in [7, 11) is 0. The summed E-state index contributed by atoms with van der Waals surface area (Å²) in [4.78, 5) is 21.2. The Bertz CT molecular complexity index is 1220. The number of Topliss-reactive ketones (excluding diaryl/α,β-unsaturated/α-hetero) is 1. The van der Waals surface area contributed by atoms with Gasteiger partial charge in [-0.25, -0.2) is 4.68 Å². The van der Waals surface area contributed by atoms with Gasteiger partial charge in [-0.1, -0.05) is 24.3 Å². The van der Waals surface area contributed by atoms with Gasteiger partial charge >= 0.3 is 0 Å². The van der Waals surface area contributed by atoms with E-state index in [1.165, 1.54) is 0 Å². The summed E-state index contributed by atoms with van der Waals surface area (Å²) in [5.74, 6) is 0.149. The van der Waals surface area contributed by atoms with E-state index in [0.717, 1.165) is 39.1 Å². The van der Waals surface area contributed by atoms with E-state index in [-0.39, 0.29) is 5.78 Å². The minimum atomic E-state index is -0.858. The fraction of sp³-hybridized carbons (Fsp3) is 0.280. The number of aromatic nitrogens is 4. The molecule has 4 rings (SSSR count). The number of ketones is 1. The lowest BCUT2D eigenvalue weighted by Crippen LogP contribution is -2.15. The molecule has 6 nitrogen and oxygen atoms in total. The largest absolute Gasteiger partial charge is 0.386 e. The highest BCUT2D eigenvalue weighted by atomic mass is 16.3. The van der Waals surface area contributed by atoms with Gasteiger partial charge in [0.05, 0.1) is 29.2 Å². The standard InChI is InChI=1S/C25H26N4O2/c1-17-12-22(10-11-26-17)29-24-16-27-21(13-19(24)15-28-29)14-23(30)9-6-18-4-7-20(8-5-18)25(2,3)31/h4-5,7-8,10-13,15-16,31H,6,9,14H2,1-3H3. The second kappa shape index (κ2) is 8.40. The molecule has 0 fully saturated rings. The van der Waals surface area contributed by atoms with Crippen molar-refractivity contribution in [3.05, 3.63) is 83.6 Å². The Kier molecular flexibility index (Phi) is 5.65. The molecule has 1 aromatic carbocycles. The molecule has 0 bridgehead atoms. The number of hydrogen-bond acceptors (Lipinski definition) is 5. The van der Waals surface area contributed by atoms with Crippen LogP contribution in [0.25, 0.3) is 16.6 Å². The number of carbonyl (C=O) groups excluding carboxylic acids is 1. The van der Waals surface area contributed by atoms with Gasteiger partial charge in [0.2, 0.25) is 0 Å². The second-order valence-corrected chi connectivity index (χ2v) is 8.42. The van der Waals surface area contributed by atoms with Gasteiger partial charge in [0.1, 0.15) is 5.78 Å². The molecule has 0 atom stereocenters. The summed E-state index contributed by atoms with van der Waals surface area (Å²) < 4.78 is 1.83. The molecule has 4 aromatic rings. The fourth-order valence-corrected chi connectivity index (χ4v) is 3.59. The molecule has 0 saturated carbocycles. The number of benzene rings is 1. The van der Waals surface area contributed by atoms with Crippen LogP contribution in [0.5, 0.6) is 0 Å². The minimum absolute atomic E-state index is 0.149. The Morgan fingerprint density at radius 2 is 1.84 bits per heavy atom. The Hall–Kier alpha value is -3.38. The molecule has 0 amide bonds. The number of nitrogens with zero attached hydrogens (tertiary/aromatic N) is 4. The number of aliphatic hydroxyl groups is 1. The molecular weight excluding hydrogens is 388 g/mol. The maximum absolute atomic E-state index is 12.5. The molecule has 31 heavy (non-hydrogen) atoms. The first-order valence-electron chi connectivity index (χ1n) is 10.4. The fourth-order valence-electron chi connectivity index (χ4n) is 3.59. The Balaban J connectivity index is 1.41. The van der Waals surface area contributed by atoms with Crippen molar-refractivity contribution in [1.29, 1.82) is 0 Å². The van der Waals surface area contributed by atoms with Gasteiger partial charge in [0.15, 0.2) is 0 Å². The summed E-state index contributed by atoms with van der Waals surface area (Å²) in [6.07, 6.45) is 6.76. The van der Waals surface area contributed by atoms with Crippen LogP contribution >= 0.6 is 0 Å². The van der Waals surface area contributed by atoms with Crippen molar-refractivity contribution < 1.29 is 9.90 Å². The van der Waals surface area contributed by atoms with Crippen molar-refractivity contribution in [3.8, 4) is 5.69 Å². The maximum Gasteiger partial charge on any atom is 0.139 e. The summed E-state index contributed by atoms with van der Waals surface area (Å²) >= 11 is 0. The zero-order valence-corrected chi connectivity index (χ0v) is 18.0. The molecule has 0 aliphatic heterocycles. The van der Waals surface area contributed by atoms with Crippen LogP contribution in [0, 0.1) is 6.92 Å². The van der Waals surface area contributed by atoms with Crippen LogP contribution in [0.4, 0.5) is 0 Å². The molecule has 3 heterocycles. The first kappa shape index (κ1) is 20.9. The Labute approximate surface area is 181 Å². The quantitative estimate of drug-likeness (QED) is 0.492. The Morgan fingerprint density at radius 3 is 2.55 bits per heavy atom.